The van der Waals surface area contributed by atoms with E-state index in [4.69, 9.17) is 0 Å². The van der Waals surface area contributed by atoms with Gasteiger partial charge in [0.05, 0.1) is 5.69 Å². The van der Waals surface area contributed by atoms with E-state index in [2.05, 4.69) is 51.3 Å². The highest BCUT2D eigenvalue weighted by atomic mass is 15.3. The molecule has 3 heteroatoms. The van der Waals surface area contributed by atoms with Crippen LogP contribution in [0.1, 0.15) is 45.0 Å². The Morgan fingerprint density at radius 3 is 2.44 bits per heavy atom. The Labute approximate surface area is 98.2 Å². The average Bonchev–Trinajstić information content (AvgIpc) is 2.85. The van der Waals surface area contributed by atoms with Crippen molar-refractivity contribution >= 4 is 0 Å². The molecule has 1 heterocycles. The topological polar surface area (TPSA) is 29.9 Å². The molecule has 1 aliphatic carbocycles. The first-order valence-corrected chi connectivity index (χ1v) is 6.09. The fraction of sp³-hybridized carbons (Fsp3) is 0.769. The Morgan fingerprint density at radius 1 is 1.44 bits per heavy atom. The third-order valence-electron chi connectivity index (χ3n) is 3.65. The van der Waals surface area contributed by atoms with Gasteiger partial charge in [0.25, 0.3) is 0 Å². The molecule has 16 heavy (non-hydrogen) atoms. The average molecular weight is 221 g/mol. The Morgan fingerprint density at radius 2 is 2.06 bits per heavy atom. The van der Waals surface area contributed by atoms with Gasteiger partial charge in [0, 0.05) is 30.1 Å². The number of nitrogens with zero attached hydrogens (tertiary/aromatic N) is 2. The van der Waals surface area contributed by atoms with Crippen molar-refractivity contribution in [3.05, 3.63) is 17.5 Å². The van der Waals surface area contributed by atoms with Crippen LogP contribution in [-0.4, -0.2) is 22.4 Å². The zero-order chi connectivity index (χ0) is 12.0. The van der Waals surface area contributed by atoms with Gasteiger partial charge in [-0.1, -0.05) is 20.8 Å². The SMILES string of the molecule is CNC1(Cc2cc(C(C)(C)C)nn2C)CC1. The lowest BCUT2D eigenvalue weighted by atomic mass is 9.92. The van der Waals surface area contributed by atoms with Gasteiger partial charge in [-0.15, -0.1) is 0 Å². The van der Waals surface area contributed by atoms with Crippen molar-refractivity contribution in [1.82, 2.24) is 15.1 Å². The molecule has 0 aromatic carbocycles. The maximum atomic E-state index is 4.62. The second-order valence-electron chi connectivity index (χ2n) is 6.10. The highest BCUT2D eigenvalue weighted by molar-refractivity contribution is 5.21. The largest absolute Gasteiger partial charge is 0.314 e. The summed E-state index contributed by atoms with van der Waals surface area (Å²) >= 11 is 0. The van der Waals surface area contributed by atoms with Crippen molar-refractivity contribution in [3.8, 4) is 0 Å². The molecule has 90 valence electrons. The van der Waals surface area contributed by atoms with Gasteiger partial charge >= 0.3 is 0 Å². The lowest BCUT2D eigenvalue weighted by Crippen LogP contribution is -2.30. The number of hydrogen-bond acceptors (Lipinski definition) is 2. The second kappa shape index (κ2) is 3.59. The summed E-state index contributed by atoms with van der Waals surface area (Å²) in [5, 5.41) is 8.05. The van der Waals surface area contributed by atoms with E-state index in [0.29, 0.717) is 5.54 Å². The minimum absolute atomic E-state index is 0.145. The van der Waals surface area contributed by atoms with E-state index in [1.807, 2.05) is 4.68 Å². The number of likely N-dealkylation sites (N-methyl/N-ethyl adjacent to an activating group) is 1. The van der Waals surface area contributed by atoms with Gasteiger partial charge in [0.1, 0.15) is 0 Å². The van der Waals surface area contributed by atoms with Crippen LogP contribution >= 0.6 is 0 Å². The zero-order valence-corrected chi connectivity index (χ0v) is 11.1. The Bertz CT molecular complexity index is 380. The molecule has 0 amide bonds. The predicted molar refractivity (Wildman–Crippen MR) is 66.6 cm³/mol. The van der Waals surface area contributed by atoms with Crippen molar-refractivity contribution in [1.29, 1.82) is 0 Å². The fourth-order valence-electron chi connectivity index (χ4n) is 2.05. The molecule has 0 unspecified atom stereocenters. The quantitative estimate of drug-likeness (QED) is 0.846. The van der Waals surface area contributed by atoms with Gasteiger partial charge < -0.3 is 5.32 Å². The maximum Gasteiger partial charge on any atom is 0.0680 e. The van der Waals surface area contributed by atoms with Gasteiger partial charge in [0.2, 0.25) is 0 Å². The summed E-state index contributed by atoms with van der Waals surface area (Å²) in [7, 11) is 4.12. The van der Waals surface area contributed by atoms with Crippen LogP contribution in [-0.2, 0) is 18.9 Å². The van der Waals surface area contributed by atoms with Crippen LogP contribution in [0, 0.1) is 0 Å². The fourth-order valence-corrected chi connectivity index (χ4v) is 2.05. The minimum atomic E-state index is 0.145. The van der Waals surface area contributed by atoms with Crippen LogP contribution < -0.4 is 5.32 Å². The van der Waals surface area contributed by atoms with Crippen LogP contribution in [0.15, 0.2) is 6.07 Å². The van der Waals surface area contributed by atoms with Gasteiger partial charge in [-0.25, -0.2) is 0 Å². The number of hydrogen-bond donors (Lipinski definition) is 1. The van der Waals surface area contributed by atoms with Crippen molar-refractivity contribution in [2.24, 2.45) is 7.05 Å². The molecule has 1 aromatic heterocycles. The summed E-state index contributed by atoms with van der Waals surface area (Å²) in [5.74, 6) is 0. The molecule has 0 aliphatic heterocycles. The smallest absolute Gasteiger partial charge is 0.0680 e. The van der Waals surface area contributed by atoms with E-state index in [-0.39, 0.29) is 5.41 Å². The molecule has 0 radical (unpaired) electrons. The van der Waals surface area contributed by atoms with Crippen molar-refractivity contribution < 1.29 is 0 Å². The van der Waals surface area contributed by atoms with Crippen LogP contribution in [0.3, 0.4) is 0 Å². The summed E-state index contributed by atoms with van der Waals surface area (Å²) in [6.07, 6.45) is 3.68. The van der Waals surface area contributed by atoms with E-state index < -0.39 is 0 Å². The van der Waals surface area contributed by atoms with Crippen molar-refractivity contribution in [3.63, 3.8) is 0 Å². The second-order valence-corrected chi connectivity index (χ2v) is 6.10. The van der Waals surface area contributed by atoms with Gasteiger partial charge in [-0.2, -0.15) is 5.10 Å². The molecule has 1 saturated carbocycles. The lowest BCUT2D eigenvalue weighted by molar-refractivity contribution is 0.520. The van der Waals surface area contributed by atoms with Crippen LogP contribution in [0.5, 0.6) is 0 Å². The normalized spacial score (nSPS) is 18.8. The third-order valence-corrected chi connectivity index (χ3v) is 3.65. The van der Waals surface area contributed by atoms with Crippen LogP contribution in [0.2, 0.25) is 0 Å². The van der Waals surface area contributed by atoms with Gasteiger partial charge in [-0.3, -0.25) is 4.68 Å². The van der Waals surface area contributed by atoms with E-state index >= 15 is 0 Å². The number of rotatable bonds is 3. The molecule has 1 aliphatic rings. The summed E-state index contributed by atoms with van der Waals surface area (Å²) in [6.45, 7) is 6.64. The summed E-state index contributed by atoms with van der Waals surface area (Å²) < 4.78 is 2.04. The number of aromatic nitrogens is 2. The standard InChI is InChI=1S/C13H23N3/c1-12(2,3)11-8-10(16(5)15-11)9-13(14-4)6-7-13/h8,14H,6-7,9H2,1-5H3. The molecule has 1 N–H and O–H groups in total. The molecular formula is C13H23N3. The summed E-state index contributed by atoms with van der Waals surface area (Å²) in [5.41, 5.74) is 3.05. The Hall–Kier alpha value is -0.830. The molecule has 0 bridgehead atoms. The lowest BCUT2D eigenvalue weighted by Gasteiger charge is -2.14. The monoisotopic (exact) mass is 221 g/mol. The predicted octanol–water partition coefficient (Wildman–Crippen LogP) is 2.01. The molecule has 1 fully saturated rings. The van der Waals surface area contributed by atoms with Crippen molar-refractivity contribution in [2.45, 2.75) is 51.0 Å². The number of aryl methyl sites for hydroxylation is 1. The summed E-state index contributed by atoms with van der Waals surface area (Å²) in [6, 6.07) is 2.26. The van der Waals surface area contributed by atoms with Gasteiger partial charge in [0.15, 0.2) is 0 Å². The van der Waals surface area contributed by atoms with Gasteiger partial charge in [-0.05, 0) is 26.0 Å². The molecule has 0 saturated heterocycles. The maximum absolute atomic E-state index is 4.62. The van der Waals surface area contributed by atoms with E-state index in [9.17, 15) is 0 Å². The van der Waals surface area contributed by atoms with Crippen LogP contribution in [0.4, 0.5) is 0 Å². The molecule has 2 rings (SSSR count). The highest BCUT2D eigenvalue weighted by Crippen LogP contribution is 2.38. The molecule has 1 aromatic rings. The molecule has 0 atom stereocenters. The van der Waals surface area contributed by atoms with Crippen molar-refractivity contribution in [2.75, 3.05) is 7.05 Å². The van der Waals surface area contributed by atoms with Crippen LogP contribution in [0.25, 0.3) is 0 Å². The third kappa shape index (κ3) is 2.14. The minimum Gasteiger partial charge on any atom is -0.314 e. The molecular weight excluding hydrogens is 198 g/mol. The Kier molecular flexibility index (Phi) is 2.61. The first-order valence-electron chi connectivity index (χ1n) is 6.09. The first kappa shape index (κ1) is 11.6. The highest BCUT2D eigenvalue weighted by Gasteiger charge is 2.41. The molecule has 3 nitrogen and oxygen atoms in total. The Balaban J connectivity index is 2.19. The zero-order valence-electron chi connectivity index (χ0n) is 11.1. The summed E-state index contributed by atoms with van der Waals surface area (Å²) in [4.78, 5) is 0. The molecule has 0 spiro atoms. The van der Waals surface area contributed by atoms with E-state index in [0.717, 1.165) is 6.42 Å². The van der Waals surface area contributed by atoms with E-state index in [1.54, 1.807) is 0 Å². The number of nitrogens with one attached hydrogen (secondary N) is 1. The first-order chi connectivity index (χ1) is 7.36. The van der Waals surface area contributed by atoms with E-state index in [1.165, 1.54) is 24.2 Å².